The number of rotatable bonds is 8. The molecule has 0 aliphatic heterocycles. The fourth-order valence-corrected chi connectivity index (χ4v) is 1.50. The molecular formula is C13H17ClFNO. The van der Waals surface area contributed by atoms with Gasteiger partial charge in [0.25, 0.3) is 0 Å². The van der Waals surface area contributed by atoms with E-state index in [-0.39, 0.29) is 10.8 Å². The Morgan fingerprint density at radius 2 is 2.24 bits per heavy atom. The summed E-state index contributed by atoms with van der Waals surface area (Å²) in [6.07, 6.45) is 2.70. The molecule has 2 nitrogen and oxygen atoms in total. The van der Waals surface area contributed by atoms with Crippen molar-refractivity contribution < 1.29 is 9.13 Å². The number of nitrogens with one attached hydrogen (secondary N) is 1. The summed E-state index contributed by atoms with van der Waals surface area (Å²) in [6, 6.07) is 4.72. The Morgan fingerprint density at radius 1 is 1.41 bits per heavy atom. The monoisotopic (exact) mass is 257 g/mol. The summed E-state index contributed by atoms with van der Waals surface area (Å²) in [4.78, 5) is 0. The van der Waals surface area contributed by atoms with Crippen molar-refractivity contribution in [2.75, 3.05) is 19.8 Å². The highest BCUT2D eigenvalue weighted by Gasteiger charge is 2.00. The molecule has 0 heterocycles. The summed E-state index contributed by atoms with van der Waals surface area (Å²) in [5.41, 5.74) is 0.961. The molecule has 0 amide bonds. The van der Waals surface area contributed by atoms with E-state index in [1.165, 1.54) is 6.07 Å². The lowest BCUT2D eigenvalue weighted by Gasteiger charge is -2.06. The lowest BCUT2D eigenvalue weighted by atomic mass is 10.2. The second-order valence-electron chi connectivity index (χ2n) is 3.61. The quantitative estimate of drug-likeness (QED) is 0.571. The van der Waals surface area contributed by atoms with Crippen molar-refractivity contribution in [1.82, 2.24) is 5.32 Å². The van der Waals surface area contributed by atoms with Crippen LogP contribution in [0.3, 0.4) is 0 Å². The Bertz CT molecular complexity index is 357. The number of benzene rings is 1. The molecule has 0 aromatic heterocycles. The van der Waals surface area contributed by atoms with E-state index in [1.54, 1.807) is 12.1 Å². The van der Waals surface area contributed by atoms with Crippen molar-refractivity contribution in [3.63, 3.8) is 0 Å². The van der Waals surface area contributed by atoms with Crippen molar-refractivity contribution in [2.45, 2.75) is 13.0 Å². The van der Waals surface area contributed by atoms with Crippen LogP contribution in [0.1, 0.15) is 12.0 Å². The Morgan fingerprint density at radius 3 is 2.94 bits per heavy atom. The van der Waals surface area contributed by atoms with Crippen LogP contribution in [0.15, 0.2) is 30.9 Å². The molecule has 0 saturated heterocycles. The third-order valence-corrected chi connectivity index (χ3v) is 2.49. The minimum absolute atomic E-state index is 0.159. The molecule has 17 heavy (non-hydrogen) atoms. The van der Waals surface area contributed by atoms with Gasteiger partial charge in [0.15, 0.2) is 0 Å². The van der Waals surface area contributed by atoms with Crippen LogP contribution in [0.5, 0.6) is 0 Å². The largest absolute Gasteiger partial charge is 0.380 e. The van der Waals surface area contributed by atoms with Crippen molar-refractivity contribution in [3.8, 4) is 0 Å². The number of hydrogen-bond acceptors (Lipinski definition) is 2. The van der Waals surface area contributed by atoms with Gasteiger partial charge in [0.2, 0.25) is 0 Å². The van der Waals surface area contributed by atoms with Crippen LogP contribution >= 0.6 is 11.6 Å². The Kier molecular flexibility index (Phi) is 6.86. The zero-order chi connectivity index (χ0) is 12.5. The highest BCUT2D eigenvalue weighted by molar-refractivity contribution is 6.30. The molecule has 1 aromatic rings. The number of hydrogen-bond donors (Lipinski definition) is 1. The maximum atomic E-state index is 12.9. The fraction of sp³-hybridized carbons (Fsp3) is 0.385. The van der Waals surface area contributed by atoms with Gasteiger partial charge in [0.05, 0.1) is 18.2 Å². The van der Waals surface area contributed by atoms with Crippen molar-refractivity contribution in [3.05, 3.63) is 47.3 Å². The molecule has 0 saturated carbocycles. The van der Waals surface area contributed by atoms with Gasteiger partial charge in [-0.05, 0) is 24.1 Å². The number of halogens is 2. The van der Waals surface area contributed by atoms with Crippen LogP contribution in [-0.2, 0) is 11.3 Å². The predicted molar refractivity (Wildman–Crippen MR) is 68.7 cm³/mol. The first-order valence-corrected chi connectivity index (χ1v) is 5.95. The third kappa shape index (κ3) is 5.82. The van der Waals surface area contributed by atoms with E-state index in [1.807, 2.05) is 6.08 Å². The van der Waals surface area contributed by atoms with Crippen LogP contribution in [-0.4, -0.2) is 19.8 Å². The van der Waals surface area contributed by atoms with Crippen LogP contribution in [0, 0.1) is 5.82 Å². The van der Waals surface area contributed by atoms with E-state index >= 15 is 0 Å². The Hall–Kier alpha value is -0.900. The Balaban J connectivity index is 2.13. The minimum Gasteiger partial charge on any atom is -0.380 e. The molecule has 1 N–H and O–H groups in total. The van der Waals surface area contributed by atoms with Gasteiger partial charge in [-0.3, -0.25) is 0 Å². The van der Waals surface area contributed by atoms with E-state index in [9.17, 15) is 4.39 Å². The highest BCUT2D eigenvalue weighted by atomic mass is 35.5. The zero-order valence-electron chi connectivity index (χ0n) is 9.72. The molecule has 94 valence electrons. The van der Waals surface area contributed by atoms with E-state index in [4.69, 9.17) is 16.3 Å². The molecular weight excluding hydrogens is 241 g/mol. The van der Waals surface area contributed by atoms with Gasteiger partial charge < -0.3 is 10.1 Å². The van der Waals surface area contributed by atoms with Gasteiger partial charge in [-0.2, -0.15) is 0 Å². The van der Waals surface area contributed by atoms with Gasteiger partial charge in [-0.15, -0.1) is 6.58 Å². The van der Waals surface area contributed by atoms with Crippen molar-refractivity contribution >= 4 is 11.6 Å². The first-order valence-electron chi connectivity index (χ1n) is 5.57. The first-order chi connectivity index (χ1) is 8.24. The van der Waals surface area contributed by atoms with E-state index < -0.39 is 0 Å². The zero-order valence-corrected chi connectivity index (χ0v) is 10.5. The van der Waals surface area contributed by atoms with E-state index in [0.717, 1.165) is 18.5 Å². The van der Waals surface area contributed by atoms with Gasteiger partial charge in [-0.1, -0.05) is 23.7 Å². The second-order valence-corrected chi connectivity index (χ2v) is 4.02. The van der Waals surface area contributed by atoms with Crippen LogP contribution in [0.4, 0.5) is 4.39 Å². The predicted octanol–water partition coefficient (Wildman–Crippen LogP) is 3.16. The Labute approximate surface area is 106 Å². The van der Waals surface area contributed by atoms with E-state index in [2.05, 4.69) is 11.9 Å². The average molecular weight is 258 g/mol. The molecule has 0 fully saturated rings. The summed E-state index contributed by atoms with van der Waals surface area (Å²) < 4.78 is 18.2. The van der Waals surface area contributed by atoms with Crippen LogP contribution in [0.25, 0.3) is 0 Å². The molecule has 0 aliphatic rings. The first kappa shape index (κ1) is 14.2. The van der Waals surface area contributed by atoms with Gasteiger partial charge >= 0.3 is 0 Å². The molecule has 0 bridgehead atoms. The summed E-state index contributed by atoms with van der Waals surface area (Å²) in [5.74, 6) is -0.386. The normalized spacial score (nSPS) is 10.5. The molecule has 1 rings (SSSR count). The molecule has 0 unspecified atom stereocenters. The van der Waals surface area contributed by atoms with Gasteiger partial charge in [0, 0.05) is 13.1 Å². The van der Waals surface area contributed by atoms with Gasteiger partial charge in [-0.25, -0.2) is 4.39 Å². The summed E-state index contributed by atoms with van der Waals surface area (Å²) in [5, 5.41) is 3.35. The smallest absolute Gasteiger partial charge is 0.141 e. The standard InChI is InChI=1S/C13H17ClFNO/c1-2-3-7-17-8-6-16-10-11-4-5-13(15)12(14)9-11/h2,4-5,9,16H,1,3,6-8,10H2. The minimum atomic E-state index is -0.386. The molecule has 0 aliphatic carbocycles. The van der Waals surface area contributed by atoms with E-state index in [0.29, 0.717) is 19.8 Å². The SMILES string of the molecule is C=CCCOCCNCc1ccc(F)c(Cl)c1. The number of ether oxygens (including phenoxy) is 1. The summed E-state index contributed by atoms with van der Waals surface area (Å²) in [7, 11) is 0. The third-order valence-electron chi connectivity index (χ3n) is 2.20. The maximum Gasteiger partial charge on any atom is 0.141 e. The lowest BCUT2D eigenvalue weighted by molar-refractivity contribution is 0.140. The molecule has 0 spiro atoms. The molecule has 0 radical (unpaired) electrons. The summed E-state index contributed by atoms with van der Waals surface area (Å²) >= 11 is 5.67. The average Bonchev–Trinajstić information content (AvgIpc) is 2.32. The van der Waals surface area contributed by atoms with Crippen molar-refractivity contribution in [2.24, 2.45) is 0 Å². The molecule has 1 aromatic carbocycles. The fourth-order valence-electron chi connectivity index (χ4n) is 1.30. The van der Waals surface area contributed by atoms with Crippen molar-refractivity contribution in [1.29, 1.82) is 0 Å². The van der Waals surface area contributed by atoms with Gasteiger partial charge in [0.1, 0.15) is 5.82 Å². The topological polar surface area (TPSA) is 21.3 Å². The van der Waals surface area contributed by atoms with Crippen LogP contribution in [0.2, 0.25) is 5.02 Å². The molecule has 0 atom stereocenters. The molecule has 4 heteroatoms. The highest BCUT2D eigenvalue weighted by Crippen LogP contribution is 2.15. The second kappa shape index (κ2) is 8.23. The summed E-state index contributed by atoms with van der Waals surface area (Å²) in [6.45, 7) is 6.38. The lowest BCUT2D eigenvalue weighted by Crippen LogP contribution is -2.19. The van der Waals surface area contributed by atoms with Crippen LogP contribution < -0.4 is 5.32 Å². The maximum absolute atomic E-state index is 12.9.